The quantitative estimate of drug-likeness (QED) is 0.557. The van der Waals surface area contributed by atoms with Crippen molar-refractivity contribution in [1.82, 2.24) is 15.5 Å². The predicted octanol–water partition coefficient (Wildman–Crippen LogP) is 1.77. The Kier molecular flexibility index (Phi) is 7.08. The van der Waals surface area contributed by atoms with Crippen molar-refractivity contribution in [3.05, 3.63) is 30.1 Å². The molecule has 0 bridgehead atoms. The van der Waals surface area contributed by atoms with Gasteiger partial charge in [0.05, 0.1) is 6.54 Å². The maximum Gasteiger partial charge on any atom is 0.325 e. The minimum Gasteiger partial charge on any atom is -0.345 e. The summed E-state index contributed by atoms with van der Waals surface area (Å²) < 4.78 is 12.9. The van der Waals surface area contributed by atoms with Crippen molar-refractivity contribution in [2.24, 2.45) is 0 Å². The van der Waals surface area contributed by atoms with Gasteiger partial charge in [0.2, 0.25) is 11.8 Å². The number of anilines is 1. The monoisotopic (exact) mass is 392 g/mol. The maximum atomic E-state index is 12.9. The number of amides is 5. The number of hydrogen-bond acceptors (Lipinski definition) is 4. The fourth-order valence-corrected chi connectivity index (χ4v) is 3.25. The Morgan fingerprint density at radius 2 is 1.68 bits per heavy atom. The molecule has 0 aromatic heterocycles. The molecule has 5 amide bonds. The number of hydrogen-bond donors (Lipinski definition) is 3. The number of rotatable bonds is 9. The molecule has 8 nitrogen and oxygen atoms in total. The Morgan fingerprint density at radius 3 is 2.25 bits per heavy atom. The molecule has 1 heterocycles. The van der Waals surface area contributed by atoms with Crippen LogP contribution in [0.5, 0.6) is 0 Å². The largest absolute Gasteiger partial charge is 0.345 e. The number of carbonyl (C=O) groups is 4. The molecule has 0 unspecified atom stereocenters. The second-order valence-corrected chi connectivity index (χ2v) is 6.74. The lowest BCUT2D eigenvalue weighted by Gasteiger charge is -2.25. The van der Waals surface area contributed by atoms with Crippen molar-refractivity contribution in [2.45, 2.75) is 45.1 Å². The van der Waals surface area contributed by atoms with Gasteiger partial charge >= 0.3 is 6.03 Å². The van der Waals surface area contributed by atoms with Crippen LogP contribution in [0.2, 0.25) is 0 Å². The molecule has 0 atom stereocenters. The van der Waals surface area contributed by atoms with Crippen molar-refractivity contribution in [3.63, 3.8) is 0 Å². The molecule has 1 aliphatic rings. The molecule has 0 saturated carbocycles. The van der Waals surface area contributed by atoms with Gasteiger partial charge in [0, 0.05) is 5.69 Å². The van der Waals surface area contributed by atoms with Gasteiger partial charge in [0.25, 0.3) is 5.91 Å². The summed E-state index contributed by atoms with van der Waals surface area (Å²) in [6, 6.07) is 4.58. The van der Waals surface area contributed by atoms with Crippen LogP contribution in [0, 0.1) is 5.82 Å². The van der Waals surface area contributed by atoms with E-state index < -0.39 is 41.7 Å². The third kappa shape index (κ3) is 5.05. The summed E-state index contributed by atoms with van der Waals surface area (Å²) in [7, 11) is 0. The van der Waals surface area contributed by atoms with Crippen molar-refractivity contribution in [2.75, 3.05) is 18.4 Å². The average molecular weight is 392 g/mol. The highest BCUT2D eigenvalue weighted by molar-refractivity contribution is 6.09. The van der Waals surface area contributed by atoms with E-state index in [1.807, 2.05) is 13.8 Å². The lowest BCUT2D eigenvalue weighted by Crippen LogP contribution is -2.47. The first kappa shape index (κ1) is 21.3. The smallest absolute Gasteiger partial charge is 0.325 e. The molecule has 1 aliphatic heterocycles. The van der Waals surface area contributed by atoms with Gasteiger partial charge in [-0.15, -0.1) is 0 Å². The zero-order valence-corrected chi connectivity index (χ0v) is 16.0. The van der Waals surface area contributed by atoms with Crippen LogP contribution in [0.1, 0.15) is 39.5 Å². The lowest BCUT2D eigenvalue weighted by atomic mass is 9.88. The van der Waals surface area contributed by atoms with Gasteiger partial charge in [0.15, 0.2) is 0 Å². The minimum atomic E-state index is -0.958. The number of urea groups is 1. The summed E-state index contributed by atoms with van der Waals surface area (Å²) in [5.41, 5.74) is -0.570. The molecular weight excluding hydrogens is 367 g/mol. The topological polar surface area (TPSA) is 108 Å². The van der Waals surface area contributed by atoms with E-state index in [4.69, 9.17) is 0 Å². The number of imide groups is 1. The predicted molar refractivity (Wildman–Crippen MR) is 101 cm³/mol. The van der Waals surface area contributed by atoms with Crippen LogP contribution in [0.3, 0.4) is 0 Å². The number of halogens is 1. The summed E-state index contributed by atoms with van der Waals surface area (Å²) in [6.45, 7) is 3.05. The van der Waals surface area contributed by atoms with E-state index in [1.54, 1.807) is 0 Å². The van der Waals surface area contributed by atoms with Crippen LogP contribution in [-0.2, 0) is 14.4 Å². The molecule has 0 radical (unpaired) electrons. The van der Waals surface area contributed by atoms with Crippen LogP contribution in [0.15, 0.2) is 24.3 Å². The molecular formula is C19H25FN4O4. The second-order valence-electron chi connectivity index (χ2n) is 6.74. The number of nitrogens with one attached hydrogen (secondary N) is 3. The van der Waals surface area contributed by atoms with Crippen LogP contribution in [0.25, 0.3) is 0 Å². The molecule has 3 N–H and O–H groups in total. The standard InChI is InChI=1S/C19H25FN4O4/c1-3-9-19(10-4-2)17(27)24(18(28)23-19)12-16(26)21-11-15(25)22-14-7-5-13(20)6-8-14/h5-8H,3-4,9-12H2,1-2H3,(H,21,26)(H,22,25)(H,23,28). The fourth-order valence-electron chi connectivity index (χ4n) is 3.25. The van der Waals surface area contributed by atoms with Crippen LogP contribution >= 0.6 is 0 Å². The summed E-state index contributed by atoms with van der Waals surface area (Å²) in [5.74, 6) is -1.97. The van der Waals surface area contributed by atoms with Crippen molar-refractivity contribution >= 4 is 29.4 Å². The Labute approximate surface area is 162 Å². The highest BCUT2D eigenvalue weighted by Gasteiger charge is 2.50. The normalized spacial score (nSPS) is 15.3. The third-order valence-corrected chi connectivity index (χ3v) is 4.48. The Hall–Kier alpha value is -2.97. The first-order chi connectivity index (χ1) is 13.3. The van der Waals surface area contributed by atoms with E-state index in [9.17, 15) is 23.6 Å². The Bertz CT molecular complexity index is 745. The molecule has 0 spiro atoms. The zero-order chi connectivity index (χ0) is 20.7. The maximum absolute atomic E-state index is 12.9. The van der Waals surface area contributed by atoms with Crippen LogP contribution in [-0.4, -0.2) is 47.3 Å². The SMILES string of the molecule is CCCC1(CCC)NC(=O)N(CC(=O)NCC(=O)Nc2ccc(F)cc2)C1=O. The van der Waals surface area contributed by atoms with Crippen LogP contribution < -0.4 is 16.0 Å². The Morgan fingerprint density at radius 1 is 1.07 bits per heavy atom. The van der Waals surface area contributed by atoms with Crippen molar-refractivity contribution in [1.29, 1.82) is 0 Å². The van der Waals surface area contributed by atoms with Gasteiger partial charge in [-0.2, -0.15) is 0 Å². The van der Waals surface area contributed by atoms with E-state index in [0.717, 1.165) is 17.7 Å². The first-order valence-electron chi connectivity index (χ1n) is 9.27. The molecule has 1 aromatic rings. The molecule has 28 heavy (non-hydrogen) atoms. The molecule has 152 valence electrons. The summed E-state index contributed by atoms with van der Waals surface area (Å²) in [4.78, 5) is 49.8. The van der Waals surface area contributed by atoms with E-state index in [2.05, 4.69) is 16.0 Å². The first-order valence-corrected chi connectivity index (χ1v) is 9.27. The van der Waals surface area contributed by atoms with E-state index >= 15 is 0 Å². The van der Waals surface area contributed by atoms with Crippen molar-refractivity contribution in [3.8, 4) is 0 Å². The molecule has 1 saturated heterocycles. The summed E-state index contributed by atoms with van der Waals surface area (Å²) in [5, 5.41) is 7.60. The van der Waals surface area contributed by atoms with Gasteiger partial charge in [0.1, 0.15) is 17.9 Å². The second kappa shape index (κ2) is 9.29. The molecule has 9 heteroatoms. The van der Waals surface area contributed by atoms with Gasteiger partial charge in [-0.05, 0) is 37.1 Å². The Balaban J connectivity index is 1.88. The molecule has 1 fully saturated rings. The van der Waals surface area contributed by atoms with Gasteiger partial charge in [-0.1, -0.05) is 26.7 Å². The van der Waals surface area contributed by atoms with Gasteiger partial charge in [-0.3, -0.25) is 19.3 Å². The molecule has 1 aromatic carbocycles. The van der Waals surface area contributed by atoms with E-state index in [-0.39, 0.29) is 6.54 Å². The van der Waals surface area contributed by atoms with E-state index in [1.165, 1.54) is 24.3 Å². The van der Waals surface area contributed by atoms with Gasteiger partial charge < -0.3 is 16.0 Å². The molecule has 2 rings (SSSR count). The van der Waals surface area contributed by atoms with E-state index in [0.29, 0.717) is 18.5 Å². The highest BCUT2D eigenvalue weighted by atomic mass is 19.1. The average Bonchev–Trinajstić information content (AvgIpc) is 2.87. The fraction of sp³-hybridized carbons (Fsp3) is 0.474. The highest BCUT2D eigenvalue weighted by Crippen LogP contribution is 2.27. The number of nitrogens with zero attached hydrogens (tertiary/aromatic N) is 1. The number of carbonyl (C=O) groups excluding carboxylic acids is 4. The zero-order valence-electron chi connectivity index (χ0n) is 16.0. The lowest BCUT2D eigenvalue weighted by molar-refractivity contribution is -0.135. The molecule has 0 aliphatic carbocycles. The minimum absolute atomic E-state index is 0.338. The number of benzene rings is 1. The van der Waals surface area contributed by atoms with Crippen molar-refractivity contribution < 1.29 is 23.6 Å². The summed E-state index contributed by atoms with van der Waals surface area (Å²) in [6.07, 6.45) is 2.44. The summed E-state index contributed by atoms with van der Waals surface area (Å²) >= 11 is 0. The third-order valence-electron chi connectivity index (χ3n) is 4.48. The van der Waals surface area contributed by atoms with Gasteiger partial charge in [-0.25, -0.2) is 9.18 Å². The van der Waals surface area contributed by atoms with Crippen LogP contribution in [0.4, 0.5) is 14.9 Å².